The zero-order valence-corrected chi connectivity index (χ0v) is 11.7. The highest BCUT2D eigenvalue weighted by atomic mass is 16.3. The van der Waals surface area contributed by atoms with Gasteiger partial charge in [-0.3, -0.25) is 0 Å². The van der Waals surface area contributed by atoms with Gasteiger partial charge in [0.1, 0.15) is 11.6 Å². The Morgan fingerprint density at radius 3 is 3.20 bits per heavy atom. The van der Waals surface area contributed by atoms with Crippen molar-refractivity contribution < 1.29 is 4.42 Å². The third-order valence-corrected chi connectivity index (χ3v) is 3.61. The zero-order valence-electron chi connectivity index (χ0n) is 11.7. The van der Waals surface area contributed by atoms with E-state index in [9.17, 15) is 0 Å². The lowest BCUT2D eigenvalue weighted by Gasteiger charge is -2.30. The highest BCUT2D eigenvalue weighted by Gasteiger charge is 2.18. The Bertz CT molecular complexity index is 541. The first-order valence-electron chi connectivity index (χ1n) is 7.15. The van der Waals surface area contributed by atoms with Crippen LogP contribution in [0.5, 0.6) is 0 Å². The SMILES string of the molecule is CC1CCCN(c2nccc(NCc3ccco3)n2)C1. The van der Waals surface area contributed by atoms with Gasteiger partial charge in [0.25, 0.3) is 0 Å². The van der Waals surface area contributed by atoms with Crippen molar-refractivity contribution in [3.63, 3.8) is 0 Å². The minimum atomic E-state index is 0.639. The highest BCUT2D eigenvalue weighted by molar-refractivity contribution is 5.41. The van der Waals surface area contributed by atoms with Crippen molar-refractivity contribution >= 4 is 11.8 Å². The summed E-state index contributed by atoms with van der Waals surface area (Å²) in [4.78, 5) is 11.3. The van der Waals surface area contributed by atoms with Crippen LogP contribution in [-0.2, 0) is 6.54 Å². The Hall–Kier alpha value is -2.04. The molecule has 0 saturated carbocycles. The van der Waals surface area contributed by atoms with E-state index in [0.717, 1.165) is 30.6 Å². The minimum Gasteiger partial charge on any atom is -0.467 e. The number of hydrogen-bond donors (Lipinski definition) is 1. The number of rotatable bonds is 4. The molecule has 20 heavy (non-hydrogen) atoms. The Morgan fingerprint density at radius 2 is 2.40 bits per heavy atom. The molecule has 3 heterocycles. The number of hydrogen-bond acceptors (Lipinski definition) is 5. The molecule has 1 saturated heterocycles. The van der Waals surface area contributed by atoms with Crippen LogP contribution in [0.2, 0.25) is 0 Å². The standard InChI is InChI=1S/C15H20N4O/c1-12-4-2-8-19(11-12)15-16-7-6-14(18-15)17-10-13-5-3-9-20-13/h3,5-7,9,12H,2,4,8,10-11H2,1H3,(H,16,17,18). The first-order valence-corrected chi connectivity index (χ1v) is 7.15. The van der Waals surface area contributed by atoms with E-state index in [1.54, 1.807) is 6.26 Å². The summed E-state index contributed by atoms with van der Waals surface area (Å²) in [6.45, 7) is 5.01. The molecule has 1 atom stereocenters. The molecule has 0 radical (unpaired) electrons. The van der Waals surface area contributed by atoms with Crippen molar-refractivity contribution in [2.24, 2.45) is 5.92 Å². The molecule has 106 valence electrons. The lowest BCUT2D eigenvalue weighted by atomic mass is 10.0. The van der Waals surface area contributed by atoms with Crippen LogP contribution in [0.25, 0.3) is 0 Å². The van der Waals surface area contributed by atoms with Crippen LogP contribution in [0.1, 0.15) is 25.5 Å². The average molecular weight is 272 g/mol. The fourth-order valence-electron chi connectivity index (χ4n) is 2.56. The first kappa shape index (κ1) is 13.0. The van der Waals surface area contributed by atoms with Crippen LogP contribution in [0.15, 0.2) is 35.1 Å². The monoisotopic (exact) mass is 272 g/mol. The Balaban J connectivity index is 1.66. The summed E-state index contributed by atoms with van der Waals surface area (Å²) in [5.41, 5.74) is 0. The Morgan fingerprint density at radius 1 is 1.45 bits per heavy atom. The second-order valence-corrected chi connectivity index (χ2v) is 5.37. The molecule has 1 fully saturated rings. The van der Waals surface area contributed by atoms with Gasteiger partial charge < -0.3 is 14.6 Å². The minimum absolute atomic E-state index is 0.639. The fraction of sp³-hybridized carbons (Fsp3) is 0.467. The van der Waals surface area contributed by atoms with Gasteiger partial charge in [-0.2, -0.15) is 4.98 Å². The number of piperidine rings is 1. The number of nitrogens with one attached hydrogen (secondary N) is 1. The quantitative estimate of drug-likeness (QED) is 0.927. The van der Waals surface area contributed by atoms with Crippen molar-refractivity contribution in [3.05, 3.63) is 36.4 Å². The third-order valence-electron chi connectivity index (χ3n) is 3.61. The summed E-state index contributed by atoms with van der Waals surface area (Å²) >= 11 is 0. The van der Waals surface area contributed by atoms with Gasteiger partial charge in [0.2, 0.25) is 5.95 Å². The molecule has 1 aliphatic heterocycles. The van der Waals surface area contributed by atoms with Gasteiger partial charge in [0.05, 0.1) is 12.8 Å². The molecule has 1 aliphatic rings. The molecule has 3 rings (SSSR count). The van der Waals surface area contributed by atoms with Gasteiger partial charge in [0.15, 0.2) is 0 Å². The summed E-state index contributed by atoms with van der Waals surface area (Å²) in [7, 11) is 0. The Kier molecular flexibility index (Phi) is 3.85. The van der Waals surface area contributed by atoms with Crippen LogP contribution in [-0.4, -0.2) is 23.1 Å². The van der Waals surface area contributed by atoms with E-state index < -0.39 is 0 Å². The summed E-state index contributed by atoms with van der Waals surface area (Å²) in [5.74, 6) is 3.27. The normalized spacial score (nSPS) is 19.1. The third kappa shape index (κ3) is 3.10. The van der Waals surface area contributed by atoms with E-state index in [4.69, 9.17) is 4.42 Å². The average Bonchev–Trinajstić information content (AvgIpc) is 2.99. The summed E-state index contributed by atoms with van der Waals surface area (Å²) in [6, 6.07) is 5.72. The summed E-state index contributed by atoms with van der Waals surface area (Å²) < 4.78 is 5.30. The Labute approximate surface area is 119 Å². The molecule has 0 bridgehead atoms. The molecule has 2 aromatic rings. The number of anilines is 2. The molecule has 0 spiro atoms. The molecule has 2 aromatic heterocycles. The van der Waals surface area contributed by atoms with Gasteiger partial charge >= 0.3 is 0 Å². The summed E-state index contributed by atoms with van der Waals surface area (Å²) in [5, 5.41) is 3.27. The maximum Gasteiger partial charge on any atom is 0.227 e. The molecule has 5 heteroatoms. The van der Waals surface area contributed by atoms with Crippen LogP contribution in [0.4, 0.5) is 11.8 Å². The second kappa shape index (κ2) is 5.94. The van der Waals surface area contributed by atoms with Gasteiger partial charge in [-0.1, -0.05) is 6.92 Å². The topological polar surface area (TPSA) is 54.2 Å². The van der Waals surface area contributed by atoms with Crippen molar-refractivity contribution in [2.75, 3.05) is 23.3 Å². The molecular weight excluding hydrogens is 252 g/mol. The fourth-order valence-corrected chi connectivity index (χ4v) is 2.56. The number of aromatic nitrogens is 2. The van der Waals surface area contributed by atoms with Crippen LogP contribution in [0, 0.1) is 5.92 Å². The van der Waals surface area contributed by atoms with E-state index in [2.05, 4.69) is 27.1 Å². The van der Waals surface area contributed by atoms with Crippen molar-refractivity contribution in [1.29, 1.82) is 0 Å². The van der Waals surface area contributed by atoms with Crippen LogP contribution in [0.3, 0.4) is 0 Å². The van der Waals surface area contributed by atoms with Gasteiger partial charge in [-0.15, -0.1) is 0 Å². The van der Waals surface area contributed by atoms with E-state index in [1.807, 2.05) is 24.4 Å². The molecule has 0 aliphatic carbocycles. The molecule has 0 aromatic carbocycles. The van der Waals surface area contributed by atoms with Crippen LogP contribution < -0.4 is 10.2 Å². The largest absolute Gasteiger partial charge is 0.467 e. The predicted octanol–water partition coefficient (Wildman–Crippen LogP) is 2.92. The van der Waals surface area contributed by atoms with Gasteiger partial charge in [-0.05, 0) is 37.0 Å². The lowest BCUT2D eigenvalue weighted by molar-refractivity contribution is 0.442. The predicted molar refractivity (Wildman–Crippen MR) is 78.7 cm³/mol. The van der Waals surface area contributed by atoms with Crippen molar-refractivity contribution in [2.45, 2.75) is 26.3 Å². The van der Waals surface area contributed by atoms with E-state index >= 15 is 0 Å². The van der Waals surface area contributed by atoms with E-state index in [0.29, 0.717) is 12.5 Å². The van der Waals surface area contributed by atoms with Crippen molar-refractivity contribution in [3.8, 4) is 0 Å². The number of furan rings is 1. The second-order valence-electron chi connectivity index (χ2n) is 5.37. The van der Waals surface area contributed by atoms with Gasteiger partial charge in [-0.25, -0.2) is 4.98 Å². The molecule has 1 unspecified atom stereocenters. The first-order chi connectivity index (χ1) is 9.81. The molecular formula is C15H20N4O. The smallest absolute Gasteiger partial charge is 0.227 e. The maximum atomic E-state index is 5.30. The molecule has 1 N–H and O–H groups in total. The number of nitrogens with zero attached hydrogens (tertiary/aromatic N) is 3. The van der Waals surface area contributed by atoms with E-state index in [1.165, 1.54) is 12.8 Å². The van der Waals surface area contributed by atoms with Crippen molar-refractivity contribution in [1.82, 2.24) is 9.97 Å². The lowest BCUT2D eigenvalue weighted by Crippen LogP contribution is -2.35. The highest BCUT2D eigenvalue weighted by Crippen LogP contribution is 2.20. The van der Waals surface area contributed by atoms with E-state index in [-0.39, 0.29) is 0 Å². The summed E-state index contributed by atoms with van der Waals surface area (Å²) in [6.07, 6.45) is 6.01. The molecule has 5 nitrogen and oxygen atoms in total. The maximum absolute atomic E-state index is 5.30. The zero-order chi connectivity index (χ0) is 13.8. The van der Waals surface area contributed by atoms with Crippen LogP contribution >= 0.6 is 0 Å². The molecule has 0 amide bonds. The van der Waals surface area contributed by atoms with Gasteiger partial charge in [0, 0.05) is 19.3 Å².